The fraction of sp³-hybridized carbons (Fsp3) is 0.250. The first-order valence-electron chi connectivity index (χ1n) is 9.10. The van der Waals surface area contributed by atoms with Crippen LogP contribution in [0.1, 0.15) is 23.2 Å². The number of hydrogen-bond donors (Lipinski definition) is 1. The minimum absolute atomic E-state index is 0.0864. The van der Waals surface area contributed by atoms with Gasteiger partial charge in [-0.05, 0) is 37.1 Å². The Bertz CT molecular complexity index is 942. The summed E-state index contributed by atoms with van der Waals surface area (Å²) < 4.78 is 13.3. The van der Waals surface area contributed by atoms with E-state index in [-0.39, 0.29) is 17.8 Å². The van der Waals surface area contributed by atoms with E-state index in [0.29, 0.717) is 17.0 Å². The fourth-order valence-electron chi connectivity index (χ4n) is 3.21. The maximum atomic E-state index is 13.3. The van der Waals surface area contributed by atoms with Crippen molar-refractivity contribution in [2.24, 2.45) is 0 Å². The predicted octanol–water partition coefficient (Wildman–Crippen LogP) is 2.47. The van der Waals surface area contributed by atoms with Gasteiger partial charge in [-0.15, -0.1) is 5.10 Å². The summed E-state index contributed by atoms with van der Waals surface area (Å²) in [5.41, 5.74) is 0.958. The Kier molecular flexibility index (Phi) is 5.18. The number of anilines is 1. The summed E-state index contributed by atoms with van der Waals surface area (Å²) in [4.78, 5) is 23.0. The van der Waals surface area contributed by atoms with Crippen molar-refractivity contribution in [3.63, 3.8) is 0 Å². The second kappa shape index (κ2) is 8.08. The van der Waals surface area contributed by atoms with Gasteiger partial charge in [0.2, 0.25) is 0 Å². The van der Waals surface area contributed by atoms with Crippen LogP contribution in [-0.2, 0) is 0 Å². The van der Waals surface area contributed by atoms with Gasteiger partial charge in [0.05, 0.1) is 5.56 Å². The largest absolute Gasteiger partial charge is 0.355 e. The number of rotatable bonds is 4. The smallest absolute Gasteiger partial charge is 0.254 e. The molecule has 1 aliphatic heterocycles. The molecular weight excluding hydrogens is 359 g/mol. The van der Waals surface area contributed by atoms with Crippen molar-refractivity contribution >= 4 is 11.7 Å². The molecule has 3 aromatic rings. The van der Waals surface area contributed by atoms with Crippen molar-refractivity contribution in [2.45, 2.75) is 18.9 Å². The molecular formula is C20H19FN6O. The molecule has 0 spiro atoms. The van der Waals surface area contributed by atoms with E-state index in [1.165, 1.54) is 24.5 Å². The zero-order chi connectivity index (χ0) is 19.3. The number of hydrogen-bond acceptors (Lipinski definition) is 6. The van der Waals surface area contributed by atoms with Gasteiger partial charge in [0, 0.05) is 43.3 Å². The van der Waals surface area contributed by atoms with Crippen molar-refractivity contribution in [1.29, 1.82) is 0 Å². The van der Waals surface area contributed by atoms with Crippen LogP contribution in [0.3, 0.4) is 0 Å². The van der Waals surface area contributed by atoms with Gasteiger partial charge in [-0.3, -0.25) is 4.79 Å². The Morgan fingerprint density at radius 1 is 1.11 bits per heavy atom. The van der Waals surface area contributed by atoms with Gasteiger partial charge in [-0.1, -0.05) is 12.1 Å². The molecule has 0 unspecified atom stereocenters. The molecule has 1 fully saturated rings. The fourth-order valence-corrected chi connectivity index (χ4v) is 3.21. The van der Waals surface area contributed by atoms with Crippen molar-refractivity contribution < 1.29 is 9.18 Å². The van der Waals surface area contributed by atoms with Gasteiger partial charge in [0.25, 0.3) is 5.91 Å². The summed E-state index contributed by atoms with van der Waals surface area (Å²) in [7, 11) is 0. The van der Waals surface area contributed by atoms with E-state index >= 15 is 0 Å². The number of aromatic nitrogens is 4. The first kappa shape index (κ1) is 18.0. The molecule has 1 saturated heterocycles. The second-order valence-corrected chi connectivity index (χ2v) is 6.62. The molecule has 0 saturated carbocycles. The van der Waals surface area contributed by atoms with Gasteiger partial charge in [-0.2, -0.15) is 5.10 Å². The number of nitrogens with zero attached hydrogens (tertiary/aromatic N) is 5. The Hall–Kier alpha value is -3.42. The van der Waals surface area contributed by atoms with Gasteiger partial charge in [0.1, 0.15) is 5.82 Å². The molecule has 1 aromatic carbocycles. The highest BCUT2D eigenvalue weighted by Crippen LogP contribution is 2.18. The number of piperidine rings is 1. The van der Waals surface area contributed by atoms with E-state index in [2.05, 4.69) is 30.4 Å². The summed E-state index contributed by atoms with van der Waals surface area (Å²) in [6.07, 6.45) is 6.24. The number of benzene rings is 1. The molecule has 8 heteroatoms. The minimum Gasteiger partial charge on any atom is -0.355 e. The Morgan fingerprint density at radius 3 is 2.57 bits per heavy atom. The number of carbonyl (C=O) groups excluding carboxylic acids is 1. The monoisotopic (exact) mass is 378 g/mol. The van der Waals surface area contributed by atoms with E-state index in [0.717, 1.165) is 31.7 Å². The zero-order valence-corrected chi connectivity index (χ0v) is 15.1. The van der Waals surface area contributed by atoms with Crippen LogP contribution in [0.2, 0.25) is 0 Å². The molecule has 7 nitrogen and oxygen atoms in total. The SMILES string of the molecule is O=C(NC1CCN(c2cccnn2)CC1)c1cnc(-c2cccc(F)c2)nc1. The molecule has 1 amide bonds. The highest BCUT2D eigenvalue weighted by molar-refractivity contribution is 5.93. The molecule has 142 valence electrons. The summed E-state index contributed by atoms with van der Waals surface area (Å²) in [6.45, 7) is 1.61. The van der Waals surface area contributed by atoms with E-state index < -0.39 is 0 Å². The van der Waals surface area contributed by atoms with Gasteiger partial charge >= 0.3 is 0 Å². The average Bonchev–Trinajstić information content (AvgIpc) is 2.75. The third-order valence-electron chi connectivity index (χ3n) is 4.71. The number of nitrogens with one attached hydrogen (secondary N) is 1. The lowest BCUT2D eigenvalue weighted by Crippen LogP contribution is -2.45. The summed E-state index contributed by atoms with van der Waals surface area (Å²) in [5.74, 6) is 0.682. The van der Waals surface area contributed by atoms with Gasteiger partial charge in [-0.25, -0.2) is 14.4 Å². The highest BCUT2D eigenvalue weighted by Gasteiger charge is 2.22. The van der Waals surface area contributed by atoms with Crippen molar-refractivity contribution in [1.82, 2.24) is 25.5 Å². The Morgan fingerprint density at radius 2 is 1.89 bits per heavy atom. The van der Waals surface area contributed by atoms with E-state index in [4.69, 9.17) is 0 Å². The quantitative estimate of drug-likeness (QED) is 0.751. The lowest BCUT2D eigenvalue weighted by atomic mass is 10.0. The van der Waals surface area contributed by atoms with Gasteiger partial charge < -0.3 is 10.2 Å². The summed E-state index contributed by atoms with van der Waals surface area (Å²) >= 11 is 0. The lowest BCUT2D eigenvalue weighted by molar-refractivity contribution is 0.0930. The zero-order valence-electron chi connectivity index (χ0n) is 15.1. The van der Waals surface area contributed by atoms with Gasteiger partial charge in [0.15, 0.2) is 11.6 Å². The number of carbonyl (C=O) groups is 1. The Balaban J connectivity index is 1.34. The Labute approximate surface area is 161 Å². The van der Waals surface area contributed by atoms with Crippen LogP contribution in [-0.4, -0.2) is 45.2 Å². The minimum atomic E-state index is -0.351. The maximum absolute atomic E-state index is 13.3. The first-order chi connectivity index (χ1) is 13.7. The molecule has 2 aromatic heterocycles. The normalized spacial score (nSPS) is 14.7. The lowest BCUT2D eigenvalue weighted by Gasteiger charge is -2.32. The van der Waals surface area contributed by atoms with Crippen molar-refractivity contribution in [3.05, 3.63) is 66.4 Å². The summed E-state index contributed by atoms with van der Waals surface area (Å²) in [5, 5.41) is 11.1. The molecule has 4 rings (SSSR count). The molecule has 0 atom stereocenters. The van der Waals surface area contributed by atoms with Crippen LogP contribution < -0.4 is 10.2 Å². The molecule has 0 bridgehead atoms. The number of amides is 1. The molecule has 1 N–H and O–H groups in total. The first-order valence-corrected chi connectivity index (χ1v) is 9.10. The standard InChI is InChI=1S/C20H19FN6O/c21-16-4-1-3-14(11-16)19-22-12-15(13-23-19)20(28)25-17-6-9-27(10-7-17)18-5-2-8-24-26-18/h1-5,8,11-13,17H,6-7,9-10H2,(H,25,28). The molecule has 3 heterocycles. The van der Waals surface area contributed by atoms with E-state index in [9.17, 15) is 9.18 Å². The molecule has 28 heavy (non-hydrogen) atoms. The number of halogens is 1. The van der Waals surface area contributed by atoms with Crippen LogP contribution in [0, 0.1) is 5.82 Å². The maximum Gasteiger partial charge on any atom is 0.254 e. The summed E-state index contributed by atoms with van der Waals surface area (Å²) in [6, 6.07) is 9.93. The van der Waals surface area contributed by atoms with Crippen LogP contribution in [0.25, 0.3) is 11.4 Å². The van der Waals surface area contributed by atoms with Crippen LogP contribution >= 0.6 is 0 Å². The average molecular weight is 378 g/mol. The third kappa shape index (κ3) is 4.11. The van der Waals surface area contributed by atoms with Crippen molar-refractivity contribution in [2.75, 3.05) is 18.0 Å². The van der Waals surface area contributed by atoms with Crippen LogP contribution in [0.5, 0.6) is 0 Å². The topological polar surface area (TPSA) is 83.9 Å². The molecule has 0 aliphatic carbocycles. The molecule has 1 aliphatic rings. The second-order valence-electron chi connectivity index (χ2n) is 6.62. The third-order valence-corrected chi connectivity index (χ3v) is 4.71. The van der Waals surface area contributed by atoms with Crippen LogP contribution in [0.4, 0.5) is 10.2 Å². The predicted molar refractivity (Wildman–Crippen MR) is 102 cm³/mol. The van der Waals surface area contributed by atoms with E-state index in [1.54, 1.807) is 18.3 Å². The van der Waals surface area contributed by atoms with Crippen LogP contribution in [0.15, 0.2) is 55.0 Å². The van der Waals surface area contributed by atoms with E-state index in [1.807, 2.05) is 12.1 Å². The highest BCUT2D eigenvalue weighted by atomic mass is 19.1. The van der Waals surface area contributed by atoms with Crippen molar-refractivity contribution in [3.8, 4) is 11.4 Å². The molecule has 0 radical (unpaired) electrons.